The number of amides is 1. The Morgan fingerprint density at radius 1 is 1.22 bits per heavy atom. The SMILES string of the molecule is CCN(CC)C(=O)c1ccc(CN=C(N)N2CCSCC2)cc1. The molecule has 1 saturated heterocycles. The van der Waals surface area contributed by atoms with Crippen molar-refractivity contribution in [1.82, 2.24) is 9.80 Å². The molecule has 2 N–H and O–H groups in total. The molecule has 6 heteroatoms. The van der Waals surface area contributed by atoms with Crippen LogP contribution in [0.3, 0.4) is 0 Å². The zero-order valence-electron chi connectivity index (χ0n) is 14.0. The van der Waals surface area contributed by atoms with E-state index in [4.69, 9.17) is 5.73 Å². The van der Waals surface area contributed by atoms with Crippen LogP contribution in [-0.4, -0.2) is 59.4 Å². The Labute approximate surface area is 142 Å². The molecule has 0 aromatic heterocycles. The molecular formula is C17H26N4OS. The fraction of sp³-hybridized carbons (Fsp3) is 0.529. The van der Waals surface area contributed by atoms with Gasteiger partial charge in [0.1, 0.15) is 0 Å². The van der Waals surface area contributed by atoms with Gasteiger partial charge >= 0.3 is 0 Å². The third kappa shape index (κ3) is 4.89. The van der Waals surface area contributed by atoms with Gasteiger partial charge in [-0.1, -0.05) is 12.1 Å². The minimum atomic E-state index is 0.0791. The molecule has 0 unspecified atom stereocenters. The molecule has 1 aromatic carbocycles. The van der Waals surface area contributed by atoms with E-state index in [1.807, 2.05) is 54.8 Å². The lowest BCUT2D eigenvalue weighted by Gasteiger charge is -2.27. The predicted octanol–water partition coefficient (Wildman–Crippen LogP) is 2.03. The number of carbonyl (C=O) groups is 1. The van der Waals surface area contributed by atoms with Crippen LogP contribution in [0.15, 0.2) is 29.3 Å². The Kier molecular flexibility index (Phi) is 6.77. The third-order valence-corrected chi connectivity index (χ3v) is 4.95. The van der Waals surface area contributed by atoms with Crippen LogP contribution in [0.25, 0.3) is 0 Å². The quantitative estimate of drug-likeness (QED) is 0.661. The summed E-state index contributed by atoms with van der Waals surface area (Å²) in [6.45, 7) is 7.93. The lowest BCUT2D eigenvalue weighted by molar-refractivity contribution is 0.0773. The van der Waals surface area contributed by atoms with Crippen molar-refractivity contribution in [2.24, 2.45) is 10.7 Å². The van der Waals surface area contributed by atoms with Gasteiger partial charge in [-0.05, 0) is 31.5 Å². The van der Waals surface area contributed by atoms with Crippen molar-refractivity contribution in [2.45, 2.75) is 20.4 Å². The van der Waals surface area contributed by atoms with Crippen LogP contribution in [-0.2, 0) is 6.54 Å². The molecule has 1 fully saturated rings. The first-order valence-corrected chi connectivity index (χ1v) is 9.32. The van der Waals surface area contributed by atoms with E-state index in [0.29, 0.717) is 12.5 Å². The maximum Gasteiger partial charge on any atom is 0.253 e. The number of thioether (sulfide) groups is 1. The maximum atomic E-state index is 12.3. The highest BCUT2D eigenvalue weighted by molar-refractivity contribution is 7.99. The fourth-order valence-electron chi connectivity index (χ4n) is 2.51. The van der Waals surface area contributed by atoms with Crippen LogP contribution >= 0.6 is 11.8 Å². The van der Waals surface area contributed by atoms with Gasteiger partial charge in [0.05, 0.1) is 6.54 Å². The Balaban J connectivity index is 1.95. The van der Waals surface area contributed by atoms with E-state index in [1.54, 1.807) is 0 Å². The largest absolute Gasteiger partial charge is 0.370 e. The number of carbonyl (C=O) groups excluding carboxylic acids is 1. The van der Waals surface area contributed by atoms with E-state index in [0.717, 1.165) is 48.8 Å². The van der Waals surface area contributed by atoms with E-state index >= 15 is 0 Å². The second-order valence-corrected chi connectivity index (χ2v) is 6.67. The van der Waals surface area contributed by atoms with Crippen LogP contribution in [0, 0.1) is 0 Å². The molecule has 0 bridgehead atoms. The number of rotatable bonds is 5. The number of aliphatic imine (C=N–C) groups is 1. The van der Waals surface area contributed by atoms with Gasteiger partial charge in [-0.25, -0.2) is 4.99 Å². The minimum absolute atomic E-state index is 0.0791. The fourth-order valence-corrected chi connectivity index (χ4v) is 3.41. The molecule has 1 amide bonds. The molecule has 0 aliphatic carbocycles. The van der Waals surface area contributed by atoms with Crippen LogP contribution in [0.2, 0.25) is 0 Å². The number of benzene rings is 1. The number of nitrogens with two attached hydrogens (primary N) is 1. The first-order chi connectivity index (χ1) is 11.2. The molecular weight excluding hydrogens is 308 g/mol. The third-order valence-electron chi connectivity index (χ3n) is 4.01. The van der Waals surface area contributed by atoms with Gasteiger partial charge in [0.15, 0.2) is 5.96 Å². The van der Waals surface area contributed by atoms with Crippen molar-refractivity contribution in [3.05, 3.63) is 35.4 Å². The van der Waals surface area contributed by atoms with Gasteiger partial charge in [-0.3, -0.25) is 4.79 Å². The first kappa shape index (κ1) is 17.7. The van der Waals surface area contributed by atoms with E-state index in [-0.39, 0.29) is 5.91 Å². The predicted molar refractivity (Wildman–Crippen MR) is 97.9 cm³/mol. The summed E-state index contributed by atoms with van der Waals surface area (Å²) in [6.07, 6.45) is 0. The van der Waals surface area contributed by atoms with Crippen LogP contribution < -0.4 is 5.73 Å². The van der Waals surface area contributed by atoms with Gasteiger partial charge < -0.3 is 15.5 Å². The Morgan fingerprint density at radius 2 is 1.83 bits per heavy atom. The first-order valence-electron chi connectivity index (χ1n) is 8.16. The van der Waals surface area contributed by atoms with E-state index < -0.39 is 0 Å². The maximum absolute atomic E-state index is 12.3. The molecule has 1 aromatic rings. The smallest absolute Gasteiger partial charge is 0.253 e. The highest BCUT2D eigenvalue weighted by atomic mass is 32.2. The highest BCUT2D eigenvalue weighted by Crippen LogP contribution is 2.11. The lowest BCUT2D eigenvalue weighted by atomic mass is 10.1. The standard InChI is InChI=1S/C17H26N4OS/c1-3-20(4-2)16(22)15-7-5-14(6-8-15)13-19-17(18)21-9-11-23-12-10-21/h5-8H,3-4,9-13H2,1-2H3,(H2,18,19). The summed E-state index contributed by atoms with van der Waals surface area (Å²) in [7, 11) is 0. The van der Waals surface area contributed by atoms with Gasteiger partial charge in [0.2, 0.25) is 0 Å². The van der Waals surface area contributed by atoms with Gasteiger partial charge in [-0.2, -0.15) is 11.8 Å². The second kappa shape index (κ2) is 8.82. The monoisotopic (exact) mass is 334 g/mol. The van der Waals surface area contributed by atoms with Crippen molar-refractivity contribution in [2.75, 3.05) is 37.7 Å². The molecule has 1 aliphatic heterocycles. The lowest BCUT2D eigenvalue weighted by Crippen LogP contribution is -2.42. The number of hydrogen-bond acceptors (Lipinski definition) is 3. The molecule has 0 radical (unpaired) electrons. The molecule has 0 atom stereocenters. The molecule has 2 rings (SSSR count). The topological polar surface area (TPSA) is 61.9 Å². The second-order valence-electron chi connectivity index (χ2n) is 5.45. The van der Waals surface area contributed by atoms with Crippen molar-refractivity contribution in [3.63, 3.8) is 0 Å². The number of nitrogens with zero attached hydrogens (tertiary/aromatic N) is 3. The van der Waals surface area contributed by atoms with E-state index in [9.17, 15) is 4.79 Å². The average Bonchev–Trinajstić information content (AvgIpc) is 2.61. The van der Waals surface area contributed by atoms with Gasteiger partial charge in [-0.15, -0.1) is 0 Å². The summed E-state index contributed by atoms with van der Waals surface area (Å²) < 4.78 is 0. The molecule has 1 heterocycles. The molecule has 126 valence electrons. The summed E-state index contributed by atoms with van der Waals surface area (Å²) in [6, 6.07) is 7.66. The Hall–Kier alpha value is -1.69. The van der Waals surface area contributed by atoms with Gasteiger partial charge in [0, 0.05) is 43.2 Å². The summed E-state index contributed by atoms with van der Waals surface area (Å²) >= 11 is 1.95. The van der Waals surface area contributed by atoms with Crippen LogP contribution in [0.5, 0.6) is 0 Å². The zero-order valence-corrected chi connectivity index (χ0v) is 14.8. The van der Waals surface area contributed by atoms with Crippen molar-refractivity contribution in [3.8, 4) is 0 Å². The Morgan fingerprint density at radius 3 is 2.39 bits per heavy atom. The average molecular weight is 334 g/mol. The zero-order chi connectivity index (χ0) is 16.7. The summed E-state index contributed by atoms with van der Waals surface area (Å²) in [5.74, 6) is 2.92. The van der Waals surface area contributed by atoms with E-state index in [2.05, 4.69) is 9.89 Å². The van der Waals surface area contributed by atoms with E-state index in [1.165, 1.54) is 0 Å². The Bertz CT molecular complexity index is 534. The molecule has 5 nitrogen and oxygen atoms in total. The normalized spacial score (nSPS) is 15.6. The summed E-state index contributed by atoms with van der Waals surface area (Å²) in [5.41, 5.74) is 7.85. The van der Waals surface area contributed by atoms with Crippen molar-refractivity contribution < 1.29 is 4.79 Å². The van der Waals surface area contributed by atoms with Crippen molar-refractivity contribution >= 4 is 23.6 Å². The number of guanidine groups is 1. The van der Waals surface area contributed by atoms with Gasteiger partial charge in [0.25, 0.3) is 5.91 Å². The molecule has 0 spiro atoms. The number of hydrogen-bond donors (Lipinski definition) is 1. The van der Waals surface area contributed by atoms with Crippen molar-refractivity contribution in [1.29, 1.82) is 0 Å². The molecule has 23 heavy (non-hydrogen) atoms. The highest BCUT2D eigenvalue weighted by Gasteiger charge is 2.13. The summed E-state index contributed by atoms with van der Waals surface area (Å²) in [5, 5.41) is 0. The van der Waals surface area contributed by atoms with Crippen LogP contribution in [0.4, 0.5) is 0 Å². The summed E-state index contributed by atoms with van der Waals surface area (Å²) in [4.78, 5) is 20.7. The molecule has 0 saturated carbocycles. The minimum Gasteiger partial charge on any atom is -0.370 e. The van der Waals surface area contributed by atoms with Crippen LogP contribution in [0.1, 0.15) is 29.8 Å². The molecule has 1 aliphatic rings.